The zero-order valence-electron chi connectivity index (χ0n) is 8.16. The van der Waals surface area contributed by atoms with Gasteiger partial charge in [0.05, 0.1) is 5.69 Å². The molecule has 5 nitrogen and oxygen atoms in total. The second kappa shape index (κ2) is 4.81. The lowest BCUT2D eigenvalue weighted by Gasteiger charge is -2.02. The highest BCUT2D eigenvalue weighted by Crippen LogP contribution is 2.05. The van der Waals surface area contributed by atoms with E-state index >= 15 is 0 Å². The van der Waals surface area contributed by atoms with Crippen molar-refractivity contribution >= 4 is 5.82 Å². The first kappa shape index (κ1) is 9.98. The molecular weight excluding hydrogens is 168 g/mol. The monoisotopic (exact) mass is 184 g/mol. The molecule has 0 radical (unpaired) electrons. The van der Waals surface area contributed by atoms with Crippen LogP contribution in [0, 0.1) is 6.92 Å². The third kappa shape index (κ3) is 2.69. The first-order valence-corrected chi connectivity index (χ1v) is 4.40. The van der Waals surface area contributed by atoms with E-state index in [1.807, 2.05) is 11.6 Å². The number of methoxy groups -OCH3 is 1. The Bertz CT molecular complexity index is 259. The van der Waals surface area contributed by atoms with Gasteiger partial charge in [0.2, 0.25) is 0 Å². The molecule has 1 heterocycles. The summed E-state index contributed by atoms with van der Waals surface area (Å²) in [4.78, 5) is 0. The predicted molar refractivity (Wildman–Crippen MR) is 50.3 cm³/mol. The number of unbranched alkanes of at least 4 members (excludes halogenated alkanes) is 1. The summed E-state index contributed by atoms with van der Waals surface area (Å²) in [6.07, 6.45) is 2.08. The molecule has 0 spiro atoms. The van der Waals surface area contributed by atoms with Crippen LogP contribution in [0.3, 0.4) is 0 Å². The van der Waals surface area contributed by atoms with E-state index in [1.165, 1.54) is 0 Å². The standard InChI is InChI=1S/C8H16N4O/c1-7-8(9)10-11-12(7)5-3-4-6-13-2/h3-6,9H2,1-2H3. The van der Waals surface area contributed by atoms with Crippen molar-refractivity contribution in [1.82, 2.24) is 15.0 Å². The first-order valence-electron chi connectivity index (χ1n) is 4.40. The van der Waals surface area contributed by atoms with Gasteiger partial charge in [0, 0.05) is 20.3 Å². The number of hydrogen-bond donors (Lipinski definition) is 1. The van der Waals surface area contributed by atoms with E-state index in [9.17, 15) is 0 Å². The van der Waals surface area contributed by atoms with E-state index in [-0.39, 0.29) is 0 Å². The summed E-state index contributed by atoms with van der Waals surface area (Å²) in [5.74, 6) is 0.520. The smallest absolute Gasteiger partial charge is 0.168 e. The van der Waals surface area contributed by atoms with Crippen molar-refractivity contribution in [3.05, 3.63) is 5.69 Å². The molecule has 0 saturated carbocycles. The van der Waals surface area contributed by atoms with Crippen LogP contribution in [-0.2, 0) is 11.3 Å². The van der Waals surface area contributed by atoms with Crippen LogP contribution in [0.1, 0.15) is 18.5 Å². The number of anilines is 1. The highest BCUT2D eigenvalue weighted by Gasteiger charge is 2.03. The minimum atomic E-state index is 0.520. The van der Waals surface area contributed by atoms with E-state index in [2.05, 4.69) is 10.3 Å². The maximum Gasteiger partial charge on any atom is 0.168 e. The fraction of sp³-hybridized carbons (Fsp3) is 0.750. The molecule has 5 heteroatoms. The molecule has 0 aliphatic rings. The Labute approximate surface area is 77.9 Å². The molecule has 0 saturated heterocycles. The summed E-state index contributed by atoms with van der Waals surface area (Å²) in [5, 5.41) is 7.69. The molecule has 0 unspecified atom stereocenters. The van der Waals surface area contributed by atoms with Gasteiger partial charge in [0.25, 0.3) is 0 Å². The lowest BCUT2D eigenvalue weighted by molar-refractivity contribution is 0.190. The van der Waals surface area contributed by atoms with Crippen LogP contribution in [0.15, 0.2) is 0 Å². The molecule has 0 aromatic carbocycles. The van der Waals surface area contributed by atoms with Crippen LogP contribution >= 0.6 is 0 Å². The topological polar surface area (TPSA) is 66.0 Å². The third-order valence-electron chi connectivity index (χ3n) is 1.99. The van der Waals surface area contributed by atoms with Crippen LogP contribution in [-0.4, -0.2) is 28.7 Å². The first-order chi connectivity index (χ1) is 6.25. The van der Waals surface area contributed by atoms with Gasteiger partial charge in [-0.25, -0.2) is 4.68 Å². The van der Waals surface area contributed by atoms with Crippen molar-refractivity contribution < 1.29 is 4.74 Å². The third-order valence-corrected chi connectivity index (χ3v) is 1.99. The Balaban J connectivity index is 2.32. The average molecular weight is 184 g/mol. The number of hydrogen-bond acceptors (Lipinski definition) is 4. The van der Waals surface area contributed by atoms with Crippen LogP contribution in [0.25, 0.3) is 0 Å². The highest BCUT2D eigenvalue weighted by molar-refractivity contribution is 5.30. The van der Waals surface area contributed by atoms with Gasteiger partial charge in [-0.3, -0.25) is 0 Å². The summed E-state index contributed by atoms with van der Waals surface area (Å²) in [7, 11) is 1.71. The van der Waals surface area contributed by atoms with Gasteiger partial charge in [-0.15, -0.1) is 5.10 Å². The number of nitrogens with two attached hydrogens (primary N) is 1. The van der Waals surface area contributed by atoms with Gasteiger partial charge in [0.15, 0.2) is 5.82 Å². The Morgan fingerprint density at radius 3 is 2.77 bits per heavy atom. The number of nitrogen functional groups attached to an aromatic ring is 1. The number of aromatic nitrogens is 3. The number of nitrogens with zero attached hydrogens (tertiary/aromatic N) is 3. The van der Waals surface area contributed by atoms with E-state index < -0.39 is 0 Å². The molecule has 74 valence electrons. The molecule has 0 aliphatic heterocycles. The summed E-state index contributed by atoms with van der Waals surface area (Å²) < 4.78 is 6.77. The molecule has 0 atom stereocenters. The summed E-state index contributed by atoms with van der Waals surface area (Å²) in [5.41, 5.74) is 6.49. The molecule has 1 rings (SSSR count). The Hall–Kier alpha value is -1.10. The van der Waals surface area contributed by atoms with E-state index in [0.717, 1.165) is 31.7 Å². The zero-order valence-corrected chi connectivity index (χ0v) is 8.16. The van der Waals surface area contributed by atoms with Gasteiger partial charge in [-0.2, -0.15) is 0 Å². The largest absolute Gasteiger partial charge is 0.385 e. The Morgan fingerprint density at radius 1 is 1.46 bits per heavy atom. The van der Waals surface area contributed by atoms with Crippen molar-refractivity contribution in [1.29, 1.82) is 0 Å². The van der Waals surface area contributed by atoms with Gasteiger partial charge >= 0.3 is 0 Å². The van der Waals surface area contributed by atoms with Crippen LogP contribution < -0.4 is 5.73 Å². The van der Waals surface area contributed by atoms with Gasteiger partial charge < -0.3 is 10.5 Å². The summed E-state index contributed by atoms with van der Waals surface area (Å²) in [6, 6.07) is 0. The van der Waals surface area contributed by atoms with Gasteiger partial charge in [0.1, 0.15) is 0 Å². The fourth-order valence-corrected chi connectivity index (χ4v) is 1.09. The maximum atomic E-state index is 5.55. The van der Waals surface area contributed by atoms with E-state index in [1.54, 1.807) is 7.11 Å². The lowest BCUT2D eigenvalue weighted by atomic mass is 10.3. The normalized spacial score (nSPS) is 10.6. The van der Waals surface area contributed by atoms with Crippen molar-refractivity contribution in [3.8, 4) is 0 Å². The molecule has 13 heavy (non-hydrogen) atoms. The molecule has 0 aliphatic carbocycles. The minimum Gasteiger partial charge on any atom is -0.385 e. The SMILES string of the molecule is COCCCCn1nnc(N)c1C. The maximum absolute atomic E-state index is 5.55. The highest BCUT2D eigenvalue weighted by atomic mass is 16.5. The number of ether oxygens (including phenoxy) is 1. The zero-order chi connectivity index (χ0) is 9.68. The Kier molecular flexibility index (Phi) is 3.70. The van der Waals surface area contributed by atoms with Crippen molar-refractivity contribution in [3.63, 3.8) is 0 Å². The fourth-order valence-electron chi connectivity index (χ4n) is 1.09. The molecule has 1 aromatic rings. The molecule has 0 amide bonds. The summed E-state index contributed by atoms with van der Waals surface area (Å²) >= 11 is 0. The van der Waals surface area contributed by atoms with Crippen molar-refractivity contribution in [2.75, 3.05) is 19.5 Å². The van der Waals surface area contributed by atoms with Crippen molar-refractivity contribution in [2.45, 2.75) is 26.3 Å². The summed E-state index contributed by atoms with van der Waals surface area (Å²) in [6.45, 7) is 3.58. The molecular formula is C8H16N4O. The van der Waals surface area contributed by atoms with E-state index in [4.69, 9.17) is 10.5 Å². The predicted octanol–water partition coefficient (Wildman–Crippen LogP) is 0.595. The minimum absolute atomic E-state index is 0.520. The van der Waals surface area contributed by atoms with Crippen LogP contribution in [0.4, 0.5) is 5.82 Å². The van der Waals surface area contributed by atoms with Gasteiger partial charge in [-0.1, -0.05) is 5.21 Å². The quantitative estimate of drug-likeness (QED) is 0.680. The average Bonchev–Trinajstić information content (AvgIpc) is 2.43. The Morgan fingerprint density at radius 2 is 2.23 bits per heavy atom. The van der Waals surface area contributed by atoms with Crippen LogP contribution in [0.2, 0.25) is 0 Å². The molecule has 0 bridgehead atoms. The number of rotatable bonds is 5. The lowest BCUT2D eigenvalue weighted by Crippen LogP contribution is -2.04. The van der Waals surface area contributed by atoms with Crippen LogP contribution in [0.5, 0.6) is 0 Å². The van der Waals surface area contributed by atoms with Crippen molar-refractivity contribution in [2.24, 2.45) is 0 Å². The van der Waals surface area contributed by atoms with Gasteiger partial charge in [-0.05, 0) is 19.8 Å². The second-order valence-electron chi connectivity index (χ2n) is 2.98. The van der Waals surface area contributed by atoms with E-state index in [0.29, 0.717) is 5.82 Å². The molecule has 2 N–H and O–H groups in total. The molecule has 0 fully saturated rings. The molecule has 1 aromatic heterocycles. The second-order valence-corrected chi connectivity index (χ2v) is 2.98. The number of aryl methyl sites for hydroxylation is 1.